The van der Waals surface area contributed by atoms with Crippen molar-refractivity contribution in [2.24, 2.45) is 0 Å². The van der Waals surface area contributed by atoms with E-state index in [9.17, 15) is 5.11 Å². The predicted octanol–water partition coefficient (Wildman–Crippen LogP) is 1.96. The average molecular weight is 221 g/mol. The van der Waals surface area contributed by atoms with Gasteiger partial charge in [0, 0.05) is 6.54 Å². The number of fused-ring (bicyclic) bond motifs is 1. The molecule has 0 radical (unpaired) electrons. The number of hydrogen-bond acceptors (Lipinski definition) is 3. The van der Waals surface area contributed by atoms with Crippen molar-refractivity contribution < 1.29 is 9.84 Å². The fraction of sp³-hybridized carbons (Fsp3) is 0.538. The van der Waals surface area contributed by atoms with Gasteiger partial charge in [-0.3, -0.25) is 0 Å². The van der Waals surface area contributed by atoms with Gasteiger partial charge < -0.3 is 14.7 Å². The number of rotatable bonds is 2. The van der Waals surface area contributed by atoms with Crippen LogP contribution >= 0.6 is 0 Å². The van der Waals surface area contributed by atoms with Crippen LogP contribution in [0.3, 0.4) is 0 Å². The highest BCUT2D eigenvalue weighted by molar-refractivity contribution is 5.63. The first-order valence-electron chi connectivity index (χ1n) is 5.67. The van der Waals surface area contributed by atoms with Crippen LogP contribution in [-0.2, 0) is 0 Å². The Balaban J connectivity index is 2.30. The number of aryl methyl sites for hydroxylation is 1. The number of aliphatic hydroxyl groups is 1. The molecule has 16 heavy (non-hydrogen) atoms. The van der Waals surface area contributed by atoms with Gasteiger partial charge in [-0.25, -0.2) is 0 Å². The Hall–Kier alpha value is -1.22. The highest BCUT2D eigenvalue weighted by atomic mass is 16.5. The van der Waals surface area contributed by atoms with Crippen LogP contribution < -0.4 is 9.64 Å². The van der Waals surface area contributed by atoms with Crippen molar-refractivity contribution >= 4 is 5.69 Å². The summed E-state index contributed by atoms with van der Waals surface area (Å²) in [5.41, 5.74) is 1.56. The maximum absolute atomic E-state index is 9.88. The normalized spacial score (nSPS) is 15.6. The summed E-state index contributed by atoms with van der Waals surface area (Å²) in [4.78, 5) is 2.19. The minimum atomic E-state index is -0.682. The van der Waals surface area contributed by atoms with Crippen molar-refractivity contribution in [1.82, 2.24) is 0 Å². The van der Waals surface area contributed by atoms with E-state index in [1.54, 1.807) is 0 Å². The Morgan fingerprint density at radius 3 is 2.88 bits per heavy atom. The molecule has 0 saturated carbocycles. The van der Waals surface area contributed by atoms with Crippen LogP contribution in [-0.4, -0.2) is 30.4 Å². The molecule has 0 aromatic heterocycles. The summed E-state index contributed by atoms with van der Waals surface area (Å²) in [6, 6.07) is 6.12. The van der Waals surface area contributed by atoms with Gasteiger partial charge in [0.15, 0.2) is 0 Å². The molecule has 1 heterocycles. The third kappa shape index (κ3) is 2.30. The van der Waals surface area contributed by atoms with Crippen LogP contribution in [0, 0.1) is 6.92 Å². The first kappa shape index (κ1) is 11.3. The van der Waals surface area contributed by atoms with Gasteiger partial charge in [0.05, 0.1) is 17.8 Å². The van der Waals surface area contributed by atoms with E-state index in [0.29, 0.717) is 13.2 Å². The zero-order chi connectivity index (χ0) is 11.8. The maximum atomic E-state index is 9.88. The molecule has 1 aliphatic heterocycles. The lowest BCUT2D eigenvalue weighted by Crippen LogP contribution is -2.42. The minimum absolute atomic E-state index is 0.632. The van der Waals surface area contributed by atoms with Gasteiger partial charge in [0.25, 0.3) is 0 Å². The van der Waals surface area contributed by atoms with E-state index in [1.165, 1.54) is 0 Å². The summed E-state index contributed by atoms with van der Waals surface area (Å²) in [5, 5.41) is 9.88. The molecule has 0 amide bonds. The van der Waals surface area contributed by atoms with Gasteiger partial charge in [0.2, 0.25) is 0 Å². The molecule has 0 atom stereocenters. The van der Waals surface area contributed by atoms with Gasteiger partial charge >= 0.3 is 0 Å². The highest BCUT2D eigenvalue weighted by Crippen LogP contribution is 2.34. The van der Waals surface area contributed by atoms with Crippen molar-refractivity contribution in [1.29, 1.82) is 0 Å². The molecule has 1 aliphatic rings. The number of para-hydroxylation sites is 1. The fourth-order valence-corrected chi connectivity index (χ4v) is 2.08. The third-order valence-corrected chi connectivity index (χ3v) is 2.72. The van der Waals surface area contributed by atoms with Gasteiger partial charge in [-0.2, -0.15) is 0 Å². The second kappa shape index (κ2) is 3.98. The zero-order valence-corrected chi connectivity index (χ0v) is 10.2. The second-order valence-electron chi connectivity index (χ2n) is 5.01. The lowest BCUT2D eigenvalue weighted by Gasteiger charge is -2.35. The predicted molar refractivity (Wildman–Crippen MR) is 65.2 cm³/mol. The number of ether oxygens (including phenoxy) is 1. The van der Waals surface area contributed by atoms with Crippen LogP contribution in [0.5, 0.6) is 5.75 Å². The molecule has 88 valence electrons. The average Bonchev–Trinajstić information content (AvgIpc) is 2.17. The standard InChI is InChI=1S/C13H19NO2/c1-10-5-4-6-11-12(10)16-8-7-14(11)9-13(2,3)15/h4-6,15H,7-9H2,1-3H3. The number of benzene rings is 1. The number of nitrogens with zero attached hydrogens (tertiary/aromatic N) is 1. The molecular weight excluding hydrogens is 202 g/mol. The third-order valence-electron chi connectivity index (χ3n) is 2.72. The fourth-order valence-electron chi connectivity index (χ4n) is 2.08. The van der Waals surface area contributed by atoms with Gasteiger partial charge in [-0.05, 0) is 32.4 Å². The second-order valence-corrected chi connectivity index (χ2v) is 5.01. The lowest BCUT2D eigenvalue weighted by atomic mass is 10.1. The topological polar surface area (TPSA) is 32.7 Å². The maximum Gasteiger partial charge on any atom is 0.145 e. The van der Waals surface area contributed by atoms with Crippen molar-refractivity contribution in [3.05, 3.63) is 23.8 Å². The van der Waals surface area contributed by atoms with Gasteiger partial charge in [-0.15, -0.1) is 0 Å². The summed E-state index contributed by atoms with van der Waals surface area (Å²) in [7, 11) is 0. The van der Waals surface area contributed by atoms with E-state index in [4.69, 9.17) is 4.74 Å². The molecule has 0 saturated heterocycles. The van der Waals surface area contributed by atoms with Crippen molar-refractivity contribution in [2.45, 2.75) is 26.4 Å². The van der Waals surface area contributed by atoms with Gasteiger partial charge in [-0.1, -0.05) is 12.1 Å². The lowest BCUT2D eigenvalue weighted by molar-refractivity contribution is 0.0854. The summed E-state index contributed by atoms with van der Waals surface area (Å²) in [5.74, 6) is 0.956. The van der Waals surface area contributed by atoms with Crippen molar-refractivity contribution in [2.75, 3.05) is 24.6 Å². The van der Waals surface area contributed by atoms with Gasteiger partial charge in [0.1, 0.15) is 12.4 Å². The Morgan fingerprint density at radius 1 is 1.44 bits per heavy atom. The van der Waals surface area contributed by atoms with Crippen molar-refractivity contribution in [3.8, 4) is 5.75 Å². The molecule has 0 aliphatic carbocycles. The molecule has 1 N–H and O–H groups in total. The quantitative estimate of drug-likeness (QED) is 0.828. The molecular formula is C13H19NO2. The minimum Gasteiger partial charge on any atom is -0.489 e. The Bertz CT molecular complexity index is 382. The first-order chi connectivity index (χ1) is 7.47. The zero-order valence-electron chi connectivity index (χ0n) is 10.2. The molecule has 0 fully saturated rings. The Labute approximate surface area is 96.6 Å². The smallest absolute Gasteiger partial charge is 0.145 e. The van der Waals surface area contributed by atoms with E-state index in [1.807, 2.05) is 39.0 Å². The molecule has 0 spiro atoms. The van der Waals surface area contributed by atoms with E-state index >= 15 is 0 Å². The number of anilines is 1. The molecule has 1 aromatic rings. The monoisotopic (exact) mass is 221 g/mol. The van der Waals surface area contributed by atoms with Crippen LogP contribution in [0.25, 0.3) is 0 Å². The SMILES string of the molecule is Cc1cccc2c1OCCN2CC(C)(C)O. The number of β-amino-alcohol motifs (C(OH)–C–C–N with tert-alkyl or cyclic N) is 1. The van der Waals surface area contributed by atoms with E-state index in [-0.39, 0.29) is 0 Å². The van der Waals surface area contributed by atoms with Crippen LogP contribution in [0.1, 0.15) is 19.4 Å². The molecule has 1 aromatic carbocycles. The molecule has 3 heteroatoms. The summed E-state index contributed by atoms with van der Waals surface area (Å²) < 4.78 is 5.68. The highest BCUT2D eigenvalue weighted by Gasteiger charge is 2.24. The Morgan fingerprint density at radius 2 is 2.19 bits per heavy atom. The summed E-state index contributed by atoms with van der Waals surface area (Å²) in [6.45, 7) is 7.86. The van der Waals surface area contributed by atoms with Crippen LogP contribution in [0.2, 0.25) is 0 Å². The Kier molecular flexibility index (Phi) is 2.80. The molecule has 2 rings (SSSR count). The first-order valence-corrected chi connectivity index (χ1v) is 5.67. The number of hydrogen-bond donors (Lipinski definition) is 1. The van der Waals surface area contributed by atoms with E-state index < -0.39 is 5.60 Å². The van der Waals surface area contributed by atoms with E-state index in [2.05, 4.69) is 4.90 Å². The molecule has 3 nitrogen and oxygen atoms in total. The molecule has 0 unspecified atom stereocenters. The van der Waals surface area contributed by atoms with E-state index in [0.717, 1.165) is 23.5 Å². The van der Waals surface area contributed by atoms with Crippen molar-refractivity contribution in [3.63, 3.8) is 0 Å². The molecule has 0 bridgehead atoms. The summed E-state index contributed by atoms with van der Waals surface area (Å²) in [6.07, 6.45) is 0. The largest absolute Gasteiger partial charge is 0.489 e. The van der Waals surface area contributed by atoms with Crippen LogP contribution in [0.15, 0.2) is 18.2 Å². The summed E-state index contributed by atoms with van der Waals surface area (Å²) >= 11 is 0. The van der Waals surface area contributed by atoms with Crippen LogP contribution in [0.4, 0.5) is 5.69 Å².